The van der Waals surface area contributed by atoms with Gasteiger partial charge < -0.3 is 10.4 Å². The van der Waals surface area contributed by atoms with Crippen molar-refractivity contribution in [3.05, 3.63) is 34.6 Å². The summed E-state index contributed by atoms with van der Waals surface area (Å²) in [5.74, 6) is -0.378. The van der Waals surface area contributed by atoms with Gasteiger partial charge in [-0.05, 0) is 12.5 Å². The van der Waals surface area contributed by atoms with E-state index in [1.165, 1.54) is 6.07 Å². The van der Waals surface area contributed by atoms with Crippen LogP contribution in [0, 0.1) is 5.82 Å². The zero-order valence-corrected chi connectivity index (χ0v) is 9.39. The molecular weight excluding hydrogens is 217 g/mol. The Labute approximate surface area is 94.1 Å². The van der Waals surface area contributed by atoms with Crippen molar-refractivity contribution < 1.29 is 9.50 Å². The van der Waals surface area contributed by atoms with Crippen LogP contribution in [0.4, 0.5) is 4.39 Å². The Morgan fingerprint density at radius 2 is 2.27 bits per heavy atom. The van der Waals surface area contributed by atoms with Crippen LogP contribution in [0.3, 0.4) is 0 Å². The number of hydrogen-bond donors (Lipinski definition) is 2. The topological polar surface area (TPSA) is 32.3 Å². The number of nitrogens with one attached hydrogen (secondary N) is 1. The van der Waals surface area contributed by atoms with E-state index in [-0.39, 0.29) is 23.5 Å². The van der Waals surface area contributed by atoms with Crippen molar-refractivity contribution in [3.63, 3.8) is 0 Å². The third kappa shape index (κ3) is 3.16. The van der Waals surface area contributed by atoms with E-state index in [1.54, 1.807) is 12.1 Å². The van der Waals surface area contributed by atoms with Gasteiger partial charge in [0.2, 0.25) is 0 Å². The van der Waals surface area contributed by atoms with E-state index < -0.39 is 0 Å². The van der Waals surface area contributed by atoms with Crippen LogP contribution < -0.4 is 5.32 Å². The van der Waals surface area contributed by atoms with Crippen molar-refractivity contribution in [2.24, 2.45) is 0 Å². The first-order chi connectivity index (χ1) is 7.20. The van der Waals surface area contributed by atoms with Crippen molar-refractivity contribution in [2.45, 2.75) is 19.4 Å². The van der Waals surface area contributed by atoms with Crippen LogP contribution in [-0.4, -0.2) is 18.3 Å². The van der Waals surface area contributed by atoms with E-state index in [9.17, 15) is 4.39 Å². The van der Waals surface area contributed by atoms with Gasteiger partial charge in [-0.25, -0.2) is 4.39 Å². The van der Waals surface area contributed by atoms with Crippen molar-refractivity contribution in [2.75, 3.05) is 13.2 Å². The highest BCUT2D eigenvalue weighted by Crippen LogP contribution is 2.24. The molecule has 4 heteroatoms. The Kier molecular flexibility index (Phi) is 5.02. The minimum atomic E-state index is -0.378. The maximum atomic E-state index is 13.6. The van der Waals surface area contributed by atoms with E-state index in [2.05, 4.69) is 5.32 Å². The van der Waals surface area contributed by atoms with Crippen LogP contribution in [-0.2, 0) is 0 Å². The van der Waals surface area contributed by atoms with Crippen molar-refractivity contribution in [1.82, 2.24) is 5.32 Å². The molecule has 1 rings (SSSR count). The third-order valence-electron chi connectivity index (χ3n) is 2.27. The molecule has 0 aliphatic heterocycles. The molecule has 1 aromatic rings. The lowest BCUT2D eigenvalue weighted by Crippen LogP contribution is -2.24. The summed E-state index contributed by atoms with van der Waals surface area (Å²) in [6.07, 6.45) is 0.747. The monoisotopic (exact) mass is 231 g/mol. The largest absolute Gasteiger partial charge is 0.395 e. The molecule has 1 atom stereocenters. The van der Waals surface area contributed by atoms with Crippen LogP contribution >= 0.6 is 11.6 Å². The van der Waals surface area contributed by atoms with Crippen LogP contribution in [0.2, 0.25) is 5.02 Å². The first kappa shape index (κ1) is 12.4. The van der Waals surface area contributed by atoms with E-state index in [1.807, 2.05) is 6.92 Å². The molecule has 84 valence electrons. The molecule has 1 aromatic carbocycles. The lowest BCUT2D eigenvalue weighted by Gasteiger charge is -2.17. The quantitative estimate of drug-likeness (QED) is 0.816. The Bertz CT molecular complexity index is 319. The molecule has 0 unspecified atom stereocenters. The third-order valence-corrected chi connectivity index (χ3v) is 2.56. The number of aliphatic hydroxyl groups excluding tert-OH is 1. The molecule has 0 radical (unpaired) electrons. The van der Waals surface area contributed by atoms with Crippen LogP contribution in [0.1, 0.15) is 24.9 Å². The van der Waals surface area contributed by atoms with E-state index in [4.69, 9.17) is 16.7 Å². The molecule has 2 nitrogen and oxygen atoms in total. The van der Waals surface area contributed by atoms with Gasteiger partial charge in [0.1, 0.15) is 5.82 Å². The lowest BCUT2D eigenvalue weighted by molar-refractivity contribution is 0.282. The normalized spacial score (nSPS) is 12.8. The molecule has 2 N–H and O–H groups in total. The van der Waals surface area contributed by atoms with Crippen molar-refractivity contribution in [3.8, 4) is 0 Å². The summed E-state index contributed by atoms with van der Waals surface area (Å²) in [5, 5.41) is 11.9. The van der Waals surface area contributed by atoms with Crippen LogP contribution in [0.25, 0.3) is 0 Å². The first-order valence-corrected chi connectivity index (χ1v) is 5.36. The highest BCUT2D eigenvalue weighted by Gasteiger charge is 2.14. The SMILES string of the molecule is CC[C@@H](NCCO)c1cccc(Cl)c1F. The van der Waals surface area contributed by atoms with E-state index in [0.29, 0.717) is 12.1 Å². The Hall–Kier alpha value is -0.640. The minimum Gasteiger partial charge on any atom is -0.395 e. The zero-order valence-electron chi connectivity index (χ0n) is 8.63. The fourth-order valence-corrected chi connectivity index (χ4v) is 1.68. The molecule has 0 saturated carbocycles. The summed E-state index contributed by atoms with van der Waals surface area (Å²) in [6.45, 7) is 2.44. The van der Waals surface area contributed by atoms with Gasteiger partial charge in [-0.1, -0.05) is 30.7 Å². The highest BCUT2D eigenvalue weighted by molar-refractivity contribution is 6.30. The number of halogens is 2. The predicted molar refractivity (Wildman–Crippen MR) is 59.5 cm³/mol. The molecule has 15 heavy (non-hydrogen) atoms. The molecule has 0 bridgehead atoms. The summed E-state index contributed by atoms with van der Waals surface area (Å²) >= 11 is 5.70. The van der Waals surface area contributed by atoms with Gasteiger partial charge >= 0.3 is 0 Å². The smallest absolute Gasteiger partial charge is 0.146 e. The molecule has 0 heterocycles. The second-order valence-electron chi connectivity index (χ2n) is 3.28. The predicted octanol–water partition coefficient (Wildman–Crippen LogP) is 2.51. The minimum absolute atomic E-state index is 0.0404. The molecule has 0 fully saturated rings. The van der Waals surface area contributed by atoms with Crippen molar-refractivity contribution in [1.29, 1.82) is 0 Å². The summed E-state index contributed by atoms with van der Waals surface area (Å²) < 4.78 is 13.6. The van der Waals surface area contributed by atoms with Gasteiger partial charge in [-0.15, -0.1) is 0 Å². The number of benzene rings is 1. The second-order valence-corrected chi connectivity index (χ2v) is 3.69. The van der Waals surface area contributed by atoms with Gasteiger partial charge in [0.15, 0.2) is 0 Å². The summed E-state index contributed by atoms with van der Waals surface area (Å²) in [4.78, 5) is 0. The summed E-state index contributed by atoms with van der Waals surface area (Å²) in [6, 6.07) is 4.86. The second kappa shape index (κ2) is 6.05. The fourth-order valence-electron chi connectivity index (χ4n) is 1.50. The van der Waals surface area contributed by atoms with Gasteiger partial charge in [-0.2, -0.15) is 0 Å². The first-order valence-electron chi connectivity index (χ1n) is 4.98. The van der Waals surface area contributed by atoms with E-state index >= 15 is 0 Å². The van der Waals surface area contributed by atoms with E-state index in [0.717, 1.165) is 6.42 Å². The Morgan fingerprint density at radius 1 is 1.53 bits per heavy atom. The van der Waals surface area contributed by atoms with Crippen LogP contribution in [0.15, 0.2) is 18.2 Å². The molecule has 0 amide bonds. The van der Waals surface area contributed by atoms with Gasteiger partial charge in [0.05, 0.1) is 11.6 Å². The maximum absolute atomic E-state index is 13.6. The Morgan fingerprint density at radius 3 is 2.87 bits per heavy atom. The molecule has 0 aliphatic rings. The van der Waals surface area contributed by atoms with Gasteiger partial charge in [0.25, 0.3) is 0 Å². The summed E-state index contributed by atoms with van der Waals surface area (Å²) in [7, 11) is 0. The average Bonchev–Trinajstić information content (AvgIpc) is 2.25. The maximum Gasteiger partial charge on any atom is 0.146 e. The fraction of sp³-hybridized carbons (Fsp3) is 0.455. The molecule has 0 aromatic heterocycles. The molecule has 0 spiro atoms. The number of hydrogen-bond acceptors (Lipinski definition) is 2. The standard InChI is InChI=1S/C11H15ClFNO/c1-2-10(14-6-7-15)8-4-3-5-9(12)11(8)13/h3-5,10,14-15H,2,6-7H2,1H3/t10-/m1/s1. The average molecular weight is 232 g/mol. The Balaban J connectivity index is 2.86. The summed E-state index contributed by atoms with van der Waals surface area (Å²) in [5.41, 5.74) is 0.554. The van der Waals surface area contributed by atoms with Crippen LogP contribution in [0.5, 0.6) is 0 Å². The number of rotatable bonds is 5. The zero-order chi connectivity index (χ0) is 11.3. The highest BCUT2D eigenvalue weighted by atomic mass is 35.5. The van der Waals surface area contributed by atoms with Gasteiger partial charge in [0, 0.05) is 18.2 Å². The molecule has 0 saturated heterocycles. The molecular formula is C11H15ClFNO. The lowest BCUT2D eigenvalue weighted by atomic mass is 10.0. The van der Waals surface area contributed by atoms with Gasteiger partial charge in [-0.3, -0.25) is 0 Å². The molecule has 0 aliphatic carbocycles. The number of aliphatic hydroxyl groups is 1. The van der Waals surface area contributed by atoms with Crippen molar-refractivity contribution >= 4 is 11.6 Å².